The molecule has 2 aromatic rings. The number of phenols is 2. The molecule has 0 aromatic heterocycles. The number of ether oxygens (including phenoxy) is 2. The Hall–Kier alpha value is -2.50. The Balaban J connectivity index is 0.00000480. The summed E-state index contributed by atoms with van der Waals surface area (Å²) in [5.74, 6) is 1.46. The molecule has 6 nitrogen and oxygen atoms in total. The van der Waals surface area contributed by atoms with E-state index in [9.17, 15) is 10.2 Å². The second kappa shape index (κ2) is 11.2. The topological polar surface area (TPSA) is 83.6 Å². The van der Waals surface area contributed by atoms with Crippen LogP contribution in [0.3, 0.4) is 0 Å². The monoisotopic (exact) mass is 475 g/mol. The third-order valence-electron chi connectivity index (χ3n) is 3.67. The molecule has 0 saturated heterocycles. The van der Waals surface area contributed by atoms with E-state index in [1.807, 2.05) is 41.5 Å². The SMILES string of the molecule is CC(C)(C)Oc1ccc(C=NCCN=Cc2ccc(OC(C)(C)C)cc2O)c(O)c1.[Cu]. The third kappa shape index (κ3) is 9.90. The van der Waals surface area contributed by atoms with Gasteiger partial charge in [0.15, 0.2) is 0 Å². The molecule has 2 N–H and O–H groups in total. The number of phenolic OH excluding ortho intramolecular Hbond substituents is 2. The molecule has 0 spiro atoms. The number of aromatic hydroxyl groups is 2. The summed E-state index contributed by atoms with van der Waals surface area (Å²) in [5, 5.41) is 20.2. The number of rotatable bonds is 7. The van der Waals surface area contributed by atoms with Gasteiger partial charge in [0.05, 0.1) is 13.1 Å². The van der Waals surface area contributed by atoms with Crippen molar-refractivity contribution in [2.75, 3.05) is 13.1 Å². The van der Waals surface area contributed by atoms with Crippen molar-refractivity contribution in [2.45, 2.75) is 52.7 Å². The van der Waals surface area contributed by atoms with Crippen LogP contribution in [-0.2, 0) is 17.1 Å². The summed E-state index contributed by atoms with van der Waals surface area (Å²) >= 11 is 0. The molecule has 0 aliphatic heterocycles. The standard InChI is InChI=1S/C24H32N2O4.Cu/c1-23(2,3)29-19-9-7-17(21(27)13-19)15-25-11-12-26-16-18-8-10-20(14-22(18)28)30-24(4,5)6;/h7-10,13-16,27-28H,11-12H2,1-6H3;. The molecule has 0 bridgehead atoms. The van der Waals surface area contributed by atoms with Gasteiger partial charge < -0.3 is 19.7 Å². The first kappa shape index (κ1) is 26.5. The summed E-state index contributed by atoms with van der Waals surface area (Å²) in [6, 6.07) is 10.3. The van der Waals surface area contributed by atoms with Gasteiger partial charge in [0, 0.05) is 52.8 Å². The molecule has 7 heteroatoms. The van der Waals surface area contributed by atoms with Crippen molar-refractivity contribution in [2.24, 2.45) is 9.98 Å². The first-order valence-electron chi connectivity index (χ1n) is 9.97. The molecular weight excluding hydrogens is 444 g/mol. The van der Waals surface area contributed by atoms with Crippen LogP contribution in [0.2, 0.25) is 0 Å². The van der Waals surface area contributed by atoms with Crippen LogP contribution >= 0.6 is 0 Å². The van der Waals surface area contributed by atoms with E-state index in [0.29, 0.717) is 35.7 Å². The molecule has 2 aromatic carbocycles. The maximum absolute atomic E-state index is 10.1. The quantitative estimate of drug-likeness (QED) is 0.335. The van der Waals surface area contributed by atoms with E-state index in [4.69, 9.17) is 9.47 Å². The van der Waals surface area contributed by atoms with Crippen molar-refractivity contribution in [3.05, 3.63) is 47.5 Å². The smallest absolute Gasteiger partial charge is 0.128 e. The van der Waals surface area contributed by atoms with Crippen LogP contribution in [0.15, 0.2) is 46.4 Å². The van der Waals surface area contributed by atoms with Crippen LogP contribution in [0, 0.1) is 0 Å². The van der Waals surface area contributed by atoms with Crippen LogP contribution in [0.25, 0.3) is 0 Å². The van der Waals surface area contributed by atoms with Gasteiger partial charge in [-0.2, -0.15) is 0 Å². The van der Waals surface area contributed by atoms with Gasteiger partial charge >= 0.3 is 0 Å². The molecule has 31 heavy (non-hydrogen) atoms. The van der Waals surface area contributed by atoms with E-state index in [1.54, 1.807) is 48.8 Å². The molecule has 0 atom stereocenters. The van der Waals surface area contributed by atoms with Gasteiger partial charge in [-0.3, -0.25) is 9.98 Å². The van der Waals surface area contributed by atoms with Gasteiger partial charge in [-0.15, -0.1) is 0 Å². The molecule has 0 heterocycles. The first-order chi connectivity index (χ1) is 13.9. The maximum Gasteiger partial charge on any atom is 0.128 e. The molecule has 0 aliphatic rings. The zero-order chi connectivity index (χ0) is 22.4. The van der Waals surface area contributed by atoms with Gasteiger partial charge in [0.1, 0.15) is 34.2 Å². The Labute approximate surface area is 195 Å². The Morgan fingerprint density at radius 1 is 0.710 bits per heavy atom. The van der Waals surface area contributed by atoms with Gasteiger partial charge in [-0.05, 0) is 65.8 Å². The molecule has 1 radical (unpaired) electrons. The zero-order valence-corrected chi connectivity index (χ0v) is 19.9. The number of benzene rings is 2. The van der Waals surface area contributed by atoms with Crippen LogP contribution < -0.4 is 9.47 Å². The average molecular weight is 476 g/mol. The van der Waals surface area contributed by atoms with Crippen LogP contribution in [-0.4, -0.2) is 46.9 Å². The van der Waals surface area contributed by atoms with E-state index in [1.165, 1.54) is 0 Å². The Bertz CT molecular complexity index is 837. The summed E-state index contributed by atoms with van der Waals surface area (Å²) in [4.78, 5) is 8.59. The summed E-state index contributed by atoms with van der Waals surface area (Å²) in [7, 11) is 0. The van der Waals surface area contributed by atoms with E-state index in [0.717, 1.165) is 0 Å². The minimum Gasteiger partial charge on any atom is -0.507 e. The summed E-state index contributed by atoms with van der Waals surface area (Å²) in [5.41, 5.74) is 0.586. The molecule has 0 saturated carbocycles. The fourth-order valence-electron chi connectivity index (χ4n) is 2.54. The van der Waals surface area contributed by atoms with Crippen molar-refractivity contribution < 1.29 is 36.8 Å². The summed E-state index contributed by atoms with van der Waals surface area (Å²) in [6.07, 6.45) is 3.23. The molecule has 0 aliphatic carbocycles. The minimum atomic E-state index is -0.325. The summed E-state index contributed by atoms with van der Waals surface area (Å²) in [6.45, 7) is 12.6. The fourth-order valence-corrected chi connectivity index (χ4v) is 2.54. The predicted octanol–water partition coefficient (Wildman–Crippen LogP) is 4.99. The van der Waals surface area contributed by atoms with Crippen LogP contribution in [0.4, 0.5) is 0 Å². The van der Waals surface area contributed by atoms with Crippen LogP contribution in [0.1, 0.15) is 52.7 Å². The third-order valence-corrected chi connectivity index (χ3v) is 3.67. The van der Waals surface area contributed by atoms with Gasteiger partial charge in [0.2, 0.25) is 0 Å². The number of hydrogen-bond donors (Lipinski definition) is 2. The van der Waals surface area contributed by atoms with E-state index >= 15 is 0 Å². The van der Waals surface area contributed by atoms with E-state index in [-0.39, 0.29) is 39.8 Å². The molecule has 0 amide bonds. The Morgan fingerprint density at radius 2 is 1.06 bits per heavy atom. The van der Waals surface area contributed by atoms with Gasteiger partial charge in [-0.25, -0.2) is 0 Å². The minimum absolute atomic E-state index is 0. The summed E-state index contributed by atoms with van der Waals surface area (Å²) < 4.78 is 11.5. The zero-order valence-electron chi connectivity index (χ0n) is 18.9. The van der Waals surface area contributed by atoms with Gasteiger partial charge in [-0.1, -0.05) is 0 Å². The largest absolute Gasteiger partial charge is 0.507 e. The molecule has 173 valence electrons. The number of aliphatic imine (C=N–C) groups is 2. The maximum atomic E-state index is 10.1. The van der Waals surface area contributed by atoms with Crippen molar-refractivity contribution >= 4 is 12.4 Å². The Kier molecular flexibility index (Phi) is 9.60. The second-order valence-corrected chi connectivity index (χ2v) is 8.94. The average Bonchev–Trinajstić information content (AvgIpc) is 2.58. The van der Waals surface area contributed by atoms with Gasteiger partial charge in [0.25, 0.3) is 0 Å². The number of nitrogens with zero attached hydrogens (tertiary/aromatic N) is 2. The first-order valence-corrected chi connectivity index (χ1v) is 9.97. The number of hydrogen-bond acceptors (Lipinski definition) is 6. The Morgan fingerprint density at radius 3 is 1.35 bits per heavy atom. The second-order valence-electron chi connectivity index (χ2n) is 8.94. The molecular formula is C24H32CuN2O4. The molecule has 0 fully saturated rings. The molecule has 2 rings (SSSR count). The molecule has 0 unspecified atom stereocenters. The van der Waals surface area contributed by atoms with Crippen molar-refractivity contribution in [3.63, 3.8) is 0 Å². The van der Waals surface area contributed by atoms with Crippen LogP contribution in [0.5, 0.6) is 23.0 Å². The predicted molar refractivity (Wildman–Crippen MR) is 122 cm³/mol. The van der Waals surface area contributed by atoms with Crippen molar-refractivity contribution in [1.29, 1.82) is 0 Å². The normalized spacial score (nSPS) is 12.2. The van der Waals surface area contributed by atoms with E-state index in [2.05, 4.69) is 9.98 Å². The van der Waals surface area contributed by atoms with Crippen molar-refractivity contribution in [3.8, 4) is 23.0 Å². The fraction of sp³-hybridized carbons (Fsp3) is 0.417. The van der Waals surface area contributed by atoms with E-state index < -0.39 is 0 Å². The van der Waals surface area contributed by atoms with Crippen molar-refractivity contribution in [1.82, 2.24) is 0 Å².